The van der Waals surface area contributed by atoms with Gasteiger partial charge in [0.05, 0.1) is 11.3 Å². The molecule has 2 aromatic carbocycles. The molecule has 2 amide bonds. The van der Waals surface area contributed by atoms with E-state index in [-0.39, 0.29) is 17.0 Å². The van der Waals surface area contributed by atoms with Crippen LogP contribution in [0.2, 0.25) is 0 Å². The van der Waals surface area contributed by atoms with Gasteiger partial charge >= 0.3 is 0 Å². The van der Waals surface area contributed by atoms with E-state index in [4.69, 9.17) is 0 Å². The van der Waals surface area contributed by atoms with Crippen LogP contribution < -0.4 is 4.90 Å². The van der Waals surface area contributed by atoms with E-state index in [1.807, 2.05) is 36.9 Å². The molecule has 4 rings (SSSR count). The Morgan fingerprint density at radius 1 is 0.967 bits per heavy atom. The van der Waals surface area contributed by atoms with Crippen LogP contribution in [0.1, 0.15) is 36.5 Å². The molecule has 1 saturated heterocycles. The highest BCUT2D eigenvalue weighted by atomic mass is 19.1. The minimum Gasteiger partial charge on any atom is -0.366 e. The summed E-state index contributed by atoms with van der Waals surface area (Å²) >= 11 is 0. The lowest BCUT2D eigenvalue weighted by molar-refractivity contribution is -0.120. The van der Waals surface area contributed by atoms with E-state index in [0.717, 1.165) is 47.1 Å². The van der Waals surface area contributed by atoms with Crippen LogP contribution in [-0.2, 0) is 9.59 Å². The van der Waals surface area contributed by atoms with Gasteiger partial charge in [0.25, 0.3) is 11.8 Å². The van der Waals surface area contributed by atoms with Gasteiger partial charge in [-0.05, 0) is 61.4 Å². The zero-order valence-electron chi connectivity index (χ0n) is 17.3. The average Bonchev–Trinajstić information content (AvgIpc) is 2.96. The monoisotopic (exact) mass is 410 g/mol. The minimum absolute atomic E-state index is 0.251. The Labute approximate surface area is 174 Å². The van der Waals surface area contributed by atoms with Crippen molar-refractivity contribution in [3.05, 3.63) is 70.4 Å². The van der Waals surface area contributed by atoms with E-state index in [1.54, 1.807) is 0 Å². The van der Waals surface area contributed by atoms with Crippen molar-refractivity contribution in [3.63, 3.8) is 0 Å². The molecule has 2 aliphatic heterocycles. The average molecular weight is 410 g/mol. The summed E-state index contributed by atoms with van der Waals surface area (Å²) in [6.45, 7) is 7.30. The van der Waals surface area contributed by atoms with Gasteiger partial charge in [0, 0.05) is 19.2 Å². The number of imide groups is 1. The molecule has 1 unspecified atom stereocenters. The van der Waals surface area contributed by atoms with Gasteiger partial charge in [-0.1, -0.05) is 25.1 Å². The molecule has 30 heavy (non-hydrogen) atoms. The summed E-state index contributed by atoms with van der Waals surface area (Å²) in [6.07, 6.45) is 1.95. The normalized spacial score (nSPS) is 19.8. The number of hydrogen-bond acceptors (Lipinski definition) is 3. The molecular weight excluding hydrogens is 386 g/mol. The lowest BCUT2D eigenvalue weighted by Gasteiger charge is -2.33. The lowest BCUT2D eigenvalue weighted by Crippen LogP contribution is -2.39. The highest BCUT2D eigenvalue weighted by molar-refractivity contribution is 6.45. The van der Waals surface area contributed by atoms with Crippen LogP contribution in [0, 0.1) is 31.4 Å². The van der Waals surface area contributed by atoms with E-state index >= 15 is 0 Å². The second-order valence-electron chi connectivity index (χ2n) is 8.26. The molecule has 2 aliphatic rings. The number of benzene rings is 2. The number of rotatable bonds is 3. The van der Waals surface area contributed by atoms with Crippen molar-refractivity contribution in [2.45, 2.75) is 33.6 Å². The maximum atomic E-state index is 14.5. The third kappa shape index (κ3) is 3.40. The fourth-order valence-electron chi connectivity index (χ4n) is 4.24. The number of halogens is 2. The summed E-state index contributed by atoms with van der Waals surface area (Å²) in [5.41, 5.74) is 2.84. The molecule has 0 aliphatic carbocycles. The van der Waals surface area contributed by atoms with E-state index in [9.17, 15) is 18.4 Å². The van der Waals surface area contributed by atoms with Crippen LogP contribution in [0.15, 0.2) is 42.1 Å². The van der Waals surface area contributed by atoms with Crippen LogP contribution >= 0.6 is 0 Å². The maximum absolute atomic E-state index is 14.5. The molecule has 1 fully saturated rings. The van der Waals surface area contributed by atoms with Crippen molar-refractivity contribution in [2.75, 3.05) is 18.0 Å². The van der Waals surface area contributed by atoms with Crippen LogP contribution in [-0.4, -0.2) is 29.8 Å². The van der Waals surface area contributed by atoms with E-state index in [1.165, 1.54) is 0 Å². The number of anilines is 1. The predicted octanol–water partition coefficient (Wildman–Crippen LogP) is 4.60. The highest BCUT2D eigenvalue weighted by Crippen LogP contribution is 2.37. The molecule has 0 spiro atoms. The first-order chi connectivity index (χ1) is 14.3. The largest absolute Gasteiger partial charge is 0.366 e. The molecule has 2 heterocycles. The zero-order valence-corrected chi connectivity index (χ0v) is 17.3. The van der Waals surface area contributed by atoms with Gasteiger partial charge in [-0.3, -0.25) is 9.59 Å². The summed E-state index contributed by atoms with van der Waals surface area (Å²) < 4.78 is 28.3. The zero-order chi connectivity index (χ0) is 21.6. The SMILES string of the molecule is Cc1ccc(C2=C(N3CCCC(C)C3)C(=O)N(c3cc(F)ccc3F)C2=O)cc1C. The van der Waals surface area contributed by atoms with Gasteiger partial charge < -0.3 is 4.90 Å². The van der Waals surface area contributed by atoms with Gasteiger partial charge in [0.2, 0.25) is 0 Å². The fraction of sp³-hybridized carbons (Fsp3) is 0.333. The second kappa shape index (κ2) is 7.67. The molecule has 4 nitrogen and oxygen atoms in total. The topological polar surface area (TPSA) is 40.6 Å². The summed E-state index contributed by atoms with van der Waals surface area (Å²) in [6, 6.07) is 8.37. The van der Waals surface area contributed by atoms with Crippen LogP contribution in [0.5, 0.6) is 0 Å². The van der Waals surface area contributed by atoms with Gasteiger partial charge in [0.1, 0.15) is 17.3 Å². The molecule has 0 aromatic heterocycles. The number of likely N-dealkylation sites (tertiary alicyclic amines) is 1. The third-order valence-electron chi connectivity index (χ3n) is 5.98. The molecule has 6 heteroatoms. The third-order valence-corrected chi connectivity index (χ3v) is 5.98. The van der Waals surface area contributed by atoms with E-state index < -0.39 is 23.4 Å². The molecule has 0 saturated carbocycles. The highest BCUT2D eigenvalue weighted by Gasteiger charge is 2.44. The number of nitrogens with zero attached hydrogens (tertiary/aromatic N) is 2. The van der Waals surface area contributed by atoms with Crippen molar-refractivity contribution in [2.24, 2.45) is 5.92 Å². The van der Waals surface area contributed by atoms with E-state index in [2.05, 4.69) is 6.92 Å². The first-order valence-electron chi connectivity index (χ1n) is 10.2. The van der Waals surface area contributed by atoms with Crippen molar-refractivity contribution in [3.8, 4) is 0 Å². The van der Waals surface area contributed by atoms with Gasteiger partial charge in [0.15, 0.2) is 0 Å². The first-order valence-corrected chi connectivity index (χ1v) is 10.2. The maximum Gasteiger partial charge on any atom is 0.282 e. The molecule has 0 N–H and O–H groups in total. The first kappa shape index (κ1) is 20.3. The lowest BCUT2D eigenvalue weighted by atomic mass is 9.96. The van der Waals surface area contributed by atoms with Crippen LogP contribution in [0.25, 0.3) is 5.57 Å². The Balaban J connectivity index is 1.88. The quantitative estimate of drug-likeness (QED) is 0.695. The van der Waals surface area contributed by atoms with E-state index in [0.29, 0.717) is 24.6 Å². The van der Waals surface area contributed by atoms with Crippen LogP contribution in [0.3, 0.4) is 0 Å². The Bertz CT molecular complexity index is 1080. The summed E-state index contributed by atoms with van der Waals surface area (Å²) in [7, 11) is 0. The number of amides is 2. The Morgan fingerprint density at radius 3 is 2.43 bits per heavy atom. The van der Waals surface area contributed by atoms with Crippen molar-refractivity contribution < 1.29 is 18.4 Å². The van der Waals surface area contributed by atoms with Crippen molar-refractivity contribution in [1.29, 1.82) is 0 Å². The van der Waals surface area contributed by atoms with Crippen molar-refractivity contribution >= 4 is 23.1 Å². The number of carbonyl (C=O) groups excluding carboxylic acids is 2. The summed E-state index contributed by atoms with van der Waals surface area (Å²) in [4.78, 5) is 29.6. The second-order valence-corrected chi connectivity index (χ2v) is 8.26. The summed E-state index contributed by atoms with van der Waals surface area (Å²) in [5.74, 6) is -2.38. The Morgan fingerprint density at radius 2 is 1.73 bits per heavy atom. The summed E-state index contributed by atoms with van der Waals surface area (Å²) in [5, 5.41) is 0. The standard InChI is InChI=1S/C24H24F2N2O2/c1-14-5-4-10-27(13-14)22-21(17-7-6-15(2)16(3)11-17)23(29)28(24(22)30)20-12-18(25)8-9-19(20)26/h6-9,11-12,14H,4-5,10,13H2,1-3H3. The predicted molar refractivity (Wildman–Crippen MR) is 112 cm³/mol. The molecule has 2 aromatic rings. The molecular formula is C24H24F2N2O2. The Kier molecular flexibility index (Phi) is 5.18. The fourth-order valence-corrected chi connectivity index (χ4v) is 4.24. The van der Waals surface area contributed by atoms with Crippen LogP contribution in [0.4, 0.5) is 14.5 Å². The minimum atomic E-state index is -0.814. The number of hydrogen-bond donors (Lipinski definition) is 0. The van der Waals surface area contributed by atoms with Crippen molar-refractivity contribution in [1.82, 2.24) is 4.90 Å². The van der Waals surface area contributed by atoms with Gasteiger partial charge in [-0.25, -0.2) is 13.7 Å². The Hall–Kier alpha value is -3.02. The molecule has 1 atom stereocenters. The number of piperidine rings is 1. The van der Waals surface area contributed by atoms with Gasteiger partial charge in [-0.15, -0.1) is 0 Å². The number of carbonyl (C=O) groups is 2. The van der Waals surface area contributed by atoms with Gasteiger partial charge in [-0.2, -0.15) is 0 Å². The molecule has 0 radical (unpaired) electrons. The molecule has 0 bridgehead atoms. The smallest absolute Gasteiger partial charge is 0.282 e. The number of aryl methyl sites for hydroxylation is 2. The molecule has 156 valence electrons.